The van der Waals surface area contributed by atoms with E-state index in [4.69, 9.17) is 23.4 Å². The Bertz CT molecular complexity index is 1750. The largest absolute Gasteiger partial charge is 0.482 e. The zero-order valence-corrected chi connectivity index (χ0v) is 26.8. The van der Waals surface area contributed by atoms with Gasteiger partial charge >= 0.3 is 23.5 Å². The number of nitrogens with zero attached hydrogens (tertiary/aromatic N) is 3. The third-order valence-corrected chi connectivity index (χ3v) is 10.4. The van der Waals surface area contributed by atoms with Crippen molar-refractivity contribution in [2.45, 2.75) is 77.8 Å². The van der Waals surface area contributed by atoms with Crippen molar-refractivity contribution in [3.05, 3.63) is 70.9 Å². The lowest BCUT2D eigenvalue weighted by Gasteiger charge is -2.66. The van der Waals surface area contributed by atoms with Crippen LogP contribution in [0.3, 0.4) is 0 Å². The number of carbonyl (C=O) groups excluding carboxylic acids is 3. The van der Waals surface area contributed by atoms with E-state index in [0.717, 1.165) is 0 Å². The fourth-order valence-corrected chi connectivity index (χ4v) is 8.43. The molecule has 2 saturated carbocycles. The van der Waals surface area contributed by atoms with Gasteiger partial charge in [-0.1, -0.05) is 13.8 Å². The summed E-state index contributed by atoms with van der Waals surface area (Å²) >= 11 is 0. The SMILES string of the molecule is CC(=O)OCC1(C)C2C[C@H](OC(=O)c3cnccn3)[C@@]3(C)Oc4cc(-c5cccnc5)oc(=O)c4[C@H](O)C3[C@@]2(C)CC[C@@H]1OC(C)=O. The summed E-state index contributed by atoms with van der Waals surface area (Å²) < 4.78 is 30.0. The molecule has 2 fully saturated rings. The second kappa shape index (κ2) is 11.9. The number of hydrogen-bond donors (Lipinski definition) is 1. The standard InChI is InChI=1S/C34H37N3O10/c1-18(38)43-17-33(4)24-14-26(46-30(41)21-16-36-11-12-37-21)34(5)29(32(24,3)9-8-25(33)44-19(2)39)28(40)27-23(47-34)13-22(45-31(27)42)20-7-6-10-35-15-20/h6-7,10-13,15-16,24-26,28-29,40H,8-9,14,17H2,1-5H3/t24?,25-,26-,28-,29?,32-,33?,34+/m0/s1. The van der Waals surface area contributed by atoms with Crippen LogP contribution in [0.4, 0.5) is 0 Å². The van der Waals surface area contributed by atoms with Gasteiger partial charge in [-0.25, -0.2) is 14.6 Å². The summed E-state index contributed by atoms with van der Waals surface area (Å²) in [4.78, 5) is 63.6. The molecule has 8 atom stereocenters. The summed E-state index contributed by atoms with van der Waals surface area (Å²) in [5, 5.41) is 12.3. The molecule has 3 aromatic rings. The minimum Gasteiger partial charge on any atom is -0.482 e. The van der Waals surface area contributed by atoms with Crippen molar-refractivity contribution >= 4 is 17.9 Å². The Kier molecular flexibility index (Phi) is 8.15. The summed E-state index contributed by atoms with van der Waals surface area (Å²) in [6.07, 6.45) is 5.17. The molecule has 13 heteroatoms. The van der Waals surface area contributed by atoms with E-state index in [1.165, 1.54) is 44.7 Å². The van der Waals surface area contributed by atoms with E-state index < -0.39 is 70.1 Å². The Morgan fingerprint density at radius 1 is 1.02 bits per heavy atom. The van der Waals surface area contributed by atoms with Crippen molar-refractivity contribution in [1.29, 1.82) is 0 Å². The highest BCUT2D eigenvalue weighted by Gasteiger charge is 2.71. The highest BCUT2D eigenvalue weighted by atomic mass is 16.6. The lowest BCUT2D eigenvalue weighted by molar-refractivity contribution is -0.266. The van der Waals surface area contributed by atoms with Crippen LogP contribution in [-0.2, 0) is 23.8 Å². The number of hydrogen-bond acceptors (Lipinski definition) is 13. The molecule has 0 radical (unpaired) electrons. The first kappa shape index (κ1) is 32.3. The van der Waals surface area contributed by atoms with Crippen LogP contribution in [0.5, 0.6) is 5.75 Å². The minimum atomic E-state index is -1.41. The van der Waals surface area contributed by atoms with Gasteiger partial charge in [-0.3, -0.25) is 19.6 Å². The first-order valence-electron chi connectivity index (χ1n) is 15.5. The van der Waals surface area contributed by atoms with Gasteiger partial charge in [-0.2, -0.15) is 0 Å². The van der Waals surface area contributed by atoms with Gasteiger partial charge in [-0.05, 0) is 49.7 Å². The van der Waals surface area contributed by atoms with E-state index >= 15 is 0 Å². The summed E-state index contributed by atoms with van der Waals surface area (Å²) in [6, 6.07) is 4.96. The number of aliphatic hydroxyl groups excluding tert-OH is 1. The molecule has 6 rings (SSSR count). The number of aromatic nitrogens is 3. The third-order valence-electron chi connectivity index (χ3n) is 10.4. The maximum absolute atomic E-state index is 13.6. The van der Waals surface area contributed by atoms with Crippen LogP contribution in [0, 0.1) is 22.7 Å². The van der Waals surface area contributed by atoms with Crippen LogP contribution in [-0.4, -0.2) is 62.4 Å². The number of esters is 3. The summed E-state index contributed by atoms with van der Waals surface area (Å²) in [6.45, 7) is 8.14. The monoisotopic (exact) mass is 647 g/mol. The Balaban J connectivity index is 1.51. The van der Waals surface area contributed by atoms with Crippen LogP contribution >= 0.6 is 0 Å². The molecule has 3 aromatic heterocycles. The fourth-order valence-electron chi connectivity index (χ4n) is 8.43. The molecule has 0 saturated heterocycles. The molecule has 1 aliphatic heterocycles. The van der Waals surface area contributed by atoms with Gasteiger partial charge in [0.25, 0.3) is 0 Å². The molecular weight excluding hydrogens is 610 g/mol. The van der Waals surface area contributed by atoms with E-state index in [2.05, 4.69) is 15.0 Å². The highest BCUT2D eigenvalue weighted by molar-refractivity contribution is 5.87. The molecule has 248 valence electrons. The van der Waals surface area contributed by atoms with Crippen molar-refractivity contribution in [2.24, 2.45) is 22.7 Å². The predicted molar refractivity (Wildman–Crippen MR) is 163 cm³/mol. The van der Waals surface area contributed by atoms with Crippen molar-refractivity contribution < 1.29 is 42.9 Å². The Morgan fingerprint density at radius 2 is 1.79 bits per heavy atom. The smallest absolute Gasteiger partial charge is 0.358 e. The number of rotatable bonds is 6. The van der Waals surface area contributed by atoms with E-state index in [1.807, 2.05) is 13.8 Å². The quantitative estimate of drug-likeness (QED) is 0.302. The number of aliphatic hydroxyl groups is 1. The normalized spacial score (nSPS) is 32.4. The van der Waals surface area contributed by atoms with Gasteiger partial charge in [0.15, 0.2) is 5.69 Å². The van der Waals surface area contributed by atoms with Crippen LogP contribution in [0.15, 0.2) is 58.4 Å². The van der Waals surface area contributed by atoms with E-state index in [1.54, 1.807) is 25.3 Å². The number of pyridine rings is 1. The molecule has 13 nitrogen and oxygen atoms in total. The molecule has 0 bridgehead atoms. The van der Waals surface area contributed by atoms with Gasteiger partial charge in [-0.15, -0.1) is 0 Å². The average Bonchev–Trinajstić information content (AvgIpc) is 3.03. The molecule has 3 unspecified atom stereocenters. The molecule has 0 spiro atoms. The molecule has 2 aliphatic carbocycles. The van der Waals surface area contributed by atoms with E-state index in [0.29, 0.717) is 18.4 Å². The van der Waals surface area contributed by atoms with Crippen molar-refractivity contribution in [3.63, 3.8) is 0 Å². The summed E-state index contributed by atoms with van der Waals surface area (Å²) in [5.74, 6) is -2.76. The maximum Gasteiger partial charge on any atom is 0.358 e. The van der Waals surface area contributed by atoms with Crippen molar-refractivity contribution in [1.82, 2.24) is 15.0 Å². The van der Waals surface area contributed by atoms with E-state index in [-0.39, 0.29) is 35.8 Å². The lowest BCUT2D eigenvalue weighted by atomic mass is 9.42. The molecule has 1 N–H and O–H groups in total. The van der Waals surface area contributed by atoms with Crippen LogP contribution in [0.25, 0.3) is 11.3 Å². The second-order valence-corrected chi connectivity index (χ2v) is 13.3. The second-order valence-electron chi connectivity index (χ2n) is 13.3. The molecule has 0 aromatic carbocycles. The summed E-state index contributed by atoms with van der Waals surface area (Å²) in [7, 11) is 0. The van der Waals surface area contributed by atoms with Gasteiger partial charge in [0.05, 0.1) is 12.3 Å². The van der Waals surface area contributed by atoms with Crippen molar-refractivity contribution in [3.8, 4) is 17.1 Å². The molecule has 0 amide bonds. The Labute approximate surface area is 270 Å². The van der Waals surface area contributed by atoms with Crippen LogP contribution in [0.2, 0.25) is 0 Å². The van der Waals surface area contributed by atoms with Gasteiger partial charge in [0, 0.05) is 61.6 Å². The zero-order chi connectivity index (χ0) is 33.7. The van der Waals surface area contributed by atoms with Crippen LogP contribution < -0.4 is 10.4 Å². The number of carbonyl (C=O) groups is 3. The van der Waals surface area contributed by atoms with Gasteiger partial charge in [0.1, 0.15) is 41.5 Å². The summed E-state index contributed by atoms with van der Waals surface area (Å²) in [5.41, 5.74) is -3.47. The lowest BCUT2D eigenvalue weighted by Crippen LogP contribution is -2.71. The van der Waals surface area contributed by atoms with Gasteiger partial charge in [0.2, 0.25) is 0 Å². The molecule has 4 heterocycles. The predicted octanol–water partition coefficient (Wildman–Crippen LogP) is 3.84. The molecule has 3 aliphatic rings. The highest BCUT2D eigenvalue weighted by Crippen LogP contribution is 2.67. The van der Waals surface area contributed by atoms with Crippen molar-refractivity contribution in [2.75, 3.05) is 6.61 Å². The third kappa shape index (κ3) is 5.45. The molecule has 47 heavy (non-hydrogen) atoms. The zero-order valence-electron chi connectivity index (χ0n) is 26.8. The topological polar surface area (TPSA) is 177 Å². The minimum absolute atomic E-state index is 0.0265. The number of fused-ring (bicyclic) bond motifs is 4. The van der Waals surface area contributed by atoms with Gasteiger partial charge < -0.3 is 28.5 Å². The van der Waals surface area contributed by atoms with Crippen LogP contribution in [0.1, 0.15) is 76.0 Å². The first-order chi connectivity index (χ1) is 22.3. The fraction of sp³-hybridized carbons (Fsp3) is 0.500. The van der Waals surface area contributed by atoms with E-state index in [9.17, 15) is 24.3 Å². The molecular formula is C34H37N3O10. The Morgan fingerprint density at radius 3 is 2.45 bits per heavy atom. The number of ether oxygens (including phenoxy) is 4. The average molecular weight is 648 g/mol. The Hall–Kier alpha value is -4.65. The maximum atomic E-state index is 13.6. The first-order valence-corrected chi connectivity index (χ1v) is 15.5.